The zero-order valence-electron chi connectivity index (χ0n) is 16.5. The number of fused-ring (bicyclic) bond motifs is 1. The van der Waals surface area contributed by atoms with Gasteiger partial charge in [0, 0.05) is 23.1 Å². The number of hydrogen-bond acceptors (Lipinski definition) is 6. The number of allylic oxidation sites excluding steroid dienone is 1. The third kappa shape index (κ3) is 4.34. The molecule has 0 saturated heterocycles. The van der Waals surface area contributed by atoms with Crippen molar-refractivity contribution in [3.8, 4) is 0 Å². The molecule has 0 spiro atoms. The minimum Gasteiger partial charge on any atom is -0.262 e. The van der Waals surface area contributed by atoms with Crippen molar-refractivity contribution in [3.63, 3.8) is 0 Å². The molecule has 3 aromatic heterocycles. The van der Waals surface area contributed by atoms with Crippen molar-refractivity contribution in [1.82, 2.24) is 15.0 Å². The summed E-state index contributed by atoms with van der Waals surface area (Å²) in [4.78, 5) is 13.4. The first-order valence-electron chi connectivity index (χ1n) is 9.60. The minimum absolute atomic E-state index is 0.713. The number of rotatable bonds is 6. The average Bonchev–Trinajstić information content (AvgIpc) is 3.22. The van der Waals surface area contributed by atoms with Gasteiger partial charge in [-0.05, 0) is 61.7 Å². The van der Waals surface area contributed by atoms with Crippen LogP contribution in [0, 0.1) is 6.92 Å². The number of aromatic nitrogens is 3. The SMILES string of the molecule is CCc1cc(C/C=C(/c2ccc3ncsc3c2)N(N)c2cccc(C)n2)ccn1. The number of anilines is 1. The predicted molar refractivity (Wildman–Crippen MR) is 121 cm³/mol. The van der Waals surface area contributed by atoms with Gasteiger partial charge in [-0.15, -0.1) is 11.3 Å². The second kappa shape index (κ2) is 8.51. The summed E-state index contributed by atoms with van der Waals surface area (Å²) >= 11 is 1.63. The normalized spacial score (nSPS) is 11.8. The van der Waals surface area contributed by atoms with Gasteiger partial charge in [-0.1, -0.05) is 25.1 Å². The number of aryl methyl sites for hydroxylation is 2. The number of thiazole rings is 1. The van der Waals surface area contributed by atoms with E-state index in [-0.39, 0.29) is 0 Å². The van der Waals surface area contributed by atoms with Gasteiger partial charge in [0.15, 0.2) is 0 Å². The van der Waals surface area contributed by atoms with Crippen LogP contribution in [0.15, 0.2) is 66.3 Å². The van der Waals surface area contributed by atoms with Crippen LogP contribution in [-0.4, -0.2) is 15.0 Å². The fourth-order valence-corrected chi connectivity index (χ4v) is 3.94. The van der Waals surface area contributed by atoms with Crippen LogP contribution in [0.3, 0.4) is 0 Å². The first kappa shape index (κ1) is 19.2. The summed E-state index contributed by atoms with van der Waals surface area (Å²) in [5.41, 5.74) is 8.04. The van der Waals surface area contributed by atoms with Crippen molar-refractivity contribution in [2.45, 2.75) is 26.7 Å². The van der Waals surface area contributed by atoms with Crippen molar-refractivity contribution in [1.29, 1.82) is 0 Å². The Labute approximate surface area is 174 Å². The third-order valence-corrected chi connectivity index (χ3v) is 5.57. The molecule has 0 aliphatic heterocycles. The maximum Gasteiger partial charge on any atom is 0.147 e. The third-order valence-electron chi connectivity index (χ3n) is 4.78. The lowest BCUT2D eigenvalue weighted by atomic mass is 10.1. The summed E-state index contributed by atoms with van der Waals surface area (Å²) in [5.74, 6) is 7.27. The maximum atomic E-state index is 6.56. The van der Waals surface area contributed by atoms with E-state index in [0.717, 1.165) is 45.7 Å². The van der Waals surface area contributed by atoms with Gasteiger partial charge >= 0.3 is 0 Å². The lowest BCUT2D eigenvalue weighted by Crippen LogP contribution is -2.30. The Morgan fingerprint density at radius 3 is 2.86 bits per heavy atom. The molecule has 1 aromatic carbocycles. The van der Waals surface area contributed by atoms with E-state index < -0.39 is 0 Å². The van der Waals surface area contributed by atoms with E-state index in [0.29, 0.717) is 5.82 Å². The molecule has 0 aliphatic carbocycles. The molecule has 146 valence electrons. The molecule has 0 bridgehead atoms. The smallest absolute Gasteiger partial charge is 0.147 e. The molecule has 4 aromatic rings. The van der Waals surface area contributed by atoms with Gasteiger partial charge in [0.1, 0.15) is 5.82 Å². The van der Waals surface area contributed by atoms with Crippen LogP contribution >= 0.6 is 11.3 Å². The van der Waals surface area contributed by atoms with Gasteiger partial charge < -0.3 is 0 Å². The number of benzene rings is 1. The van der Waals surface area contributed by atoms with Crippen LogP contribution in [0.1, 0.15) is 29.4 Å². The number of nitrogens with two attached hydrogens (primary N) is 1. The molecular weight excluding hydrogens is 378 g/mol. The topological polar surface area (TPSA) is 67.9 Å². The van der Waals surface area contributed by atoms with Crippen molar-refractivity contribution in [2.24, 2.45) is 5.84 Å². The molecule has 3 heterocycles. The Hall–Kier alpha value is -3.09. The highest BCUT2D eigenvalue weighted by atomic mass is 32.1. The number of pyridine rings is 2. The average molecular weight is 402 g/mol. The highest BCUT2D eigenvalue weighted by Gasteiger charge is 2.13. The monoisotopic (exact) mass is 401 g/mol. The van der Waals surface area contributed by atoms with E-state index in [9.17, 15) is 0 Å². The molecule has 0 saturated carbocycles. The quantitative estimate of drug-likeness (QED) is 0.367. The second-order valence-corrected chi connectivity index (χ2v) is 7.73. The lowest BCUT2D eigenvalue weighted by Gasteiger charge is -2.22. The van der Waals surface area contributed by atoms with Crippen molar-refractivity contribution >= 4 is 33.1 Å². The van der Waals surface area contributed by atoms with Crippen molar-refractivity contribution < 1.29 is 0 Å². The highest BCUT2D eigenvalue weighted by Crippen LogP contribution is 2.27. The summed E-state index contributed by atoms with van der Waals surface area (Å²) in [6.45, 7) is 4.08. The molecular formula is C23H23N5S. The van der Waals surface area contributed by atoms with E-state index in [2.05, 4.69) is 46.2 Å². The van der Waals surface area contributed by atoms with Gasteiger partial charge in [-0.25, -0.2) is 15.8 Å². The Morgan fingerprint density at radius 1 is 1.14 bits per heavy atom. The van der Waals surface area contributed by atoms with E-state index in [1.807, 2.05) is 49.0 Å². The number of hydrogen-bond donors (Lipinski definition) is 1. The second-order valence-electron chi connectivity index (χ2n) is 6.84. The molecule has 29 heavy (non-hydrogen) atoms. The summed E-state index contributed by atoms with van der Waals surface area (Å²) < 4.78 is 1.14. The first-order valence-corrected chi connectivity index (χ1v) is 10.5. The van der Waals surface area contributed by atoms with Crippen LogP contribution in [0.5, 0.6) is 0 Å². The molecule has 4 rings (SSSR count). The summed E-state index contributed by atoms with van der Waals surface area (Å²) in [5, 5.41) is 1.66. The van der Waals surface area contributed by atoms with Crippen molar-refractivity contribution in [3.05, 3.63) is 88.8 Å². The van der Waals surface area contributed by atoms with E-state index in [1.165, 1.54) is 5.56 Å². The van der Waals surface area contributed by atoms with Crippen LogP contribution in [0.4, 0.5) is 5.82 Å². The number of nitrogens with zero attached hydrogens (tertiary/aromatic N) is 4. The standard InChI is InChI=1S/C23H23N5S/c1-3-19-13-17(11-12-25-19)7-10-21(28(24)23-6-4-5-16(2)27-23)18-8-9-20-22(14-18)29-15-26-20/h4-6,8-15H,3,7,24H2,1-2H3/b21-10-. The summed E-state index contributed by atoms with van der Waals surface area (Å²) in [6, 6.07) is 16.3. The zero-order chi connectivity index (χ0) is 20.2. The fraction of sp³-hybridized carbons (Fsp3) is 0.174. The van der Waals surface area contributed by atoms with Crippen LogP contribution in [-0.2, 0) is 12.8 Å². The molecule has 0 radical (unpaired) electrons. The van der Waals surface area contributed by atoms with E-state index in [1.54, 1.807) is 16.3 Å². The van der Waals surface area contributed by atoms with Gasteiger partial charge in [-0.2, -0.15) is 0 Å². The molecule has 0 amide bonds. The van der Waals surface area contributed by atoms with E-state index in [4.69, 9.17) is 5.84 Å². The van der Waals surface area contributed by atoms with Gasteiger partial charge in [0.05, 0.1) is 21.4 Å². The fourth-order valence-electron chi connectivity index (χ4n) is 3.22. The lowest BCUT2D eigenvalue weighted by molar-refractivity contribution is 1.01. The van der Waals surface area contributed by atoms with Crippen LogP contribution < -0.4 is 10.9 Å². The van der Waals surface area contributed by atoms with E-state index >= 15 is 0 Å². The molecule has 0 fully saturated rings. The van der Waals surface area contributed by atoms with Crippen LogP contribution in [0.2, 0.25) is 0 Å². The summed E-state index contributed by atoms with van der Waals surface area (Å²) in [7, 11) is 0. The van der Waals surface area contributed by atoms with Gasteiger partial charge in [-0.3, -0.25) is 9.99 Å². The van der Waals surface area contributed by atoms with Crippen molar-refractivity contribution in [2.75, 3.05) is 5.01 Å². The van der Waals surface area contributed by atoms with Gasteiger partial charge in [0.2, 0.25) is 0 Å². The maximum absolute atomic E-state index is 6.56. The van der Waals surface area contributed by atoms with Gasteiger partial charge in [0.25, 0.3) is 0 Å². The predicted octanol–water partition coefficient (Wildman–Crippen LogP) is 4.92. The largest absolute Gasteiger partial charge is 0.262 e. The van der Waals surface area contributed by atoms with Crippen LogP contribution in [0.25, 0.3) is 15.9 Å². The zero-order valence-corrected chi connectivity index (χ0v) is 17.4. The molecule has 0 atom stereocenters. The first-order chi connectivity index (χ1) is 14.1. The molecule has 2 N–H and O–H groups in total. The molecule has 5 nitrogen and oxygen atoms in total. The summed E-state index contributed by atoms with van der Waals surface area (Å²) in [6.07, 6.45) is 5.70. The Kier molecular flexibility index (Phi) is 5.64. The number of hydrazine groups is 1. The Balaban J connectivity index is 1.74. The Bertz CT molecular complexity index is 1160. The minimum atomic E-state index is 0.713. The molecule has 6 heteroatoms. The Morgan fingerprint density at radius 2 is 2.03 bits per heavy atom. The molecule has 0 unspecified atom stereocenters. The molecule has 0 aliphatic rings. The highest BCUT2D eigenvalue weighted by molar-refractivity contribution is 7.16.